The molecule has 1 fully saturated rings. The fourth-order valence-electron chi connectivity index (χ4n) is 4.60. The molecule has 1 aliphatic rings. The monoisotopic (exact) mass is 537 g/mol. The van der Waals surface area contributed by atoms with Gasteiger partial charge in [0, 0.05) is 30.1 Å². The number of carbonyl (C=O) groups is 2. The van der Waals surface area contributed by atoms with E-state index in [1.807, 2.05) is 37.3 Å². The predicted octanol–water partition coefficient (Wildman–Crippen LogP) is 4.11. The molecule has 10 heteroatoms. The first kappa shape index (κ1) is 26.8. The van der Waals surface area contributed by atoms with E-state index in [2.05, 4.69) is 48.4 Å². The Morgan fingerprint density at radius 2 is 1.82 bits per heavy atom. The number of aromatic nitrogens is 3. The van der Waals surface area contributed by atoms with Crippen LogP contribution in [-0.2, 0) is 13.0 Å². The van der Waals surface area contributed by atoms with Crippen LogP contribution in [0.3, 0.4) is 0 Å². The van der Waals surface area contributed by atoms with E-state index in [1.165, 1.54) is 6.20 Å². The number of hydrogen-bond donors (Lipinski definition) is 4. The molecule has 204 valence electrons. The third-order valence-electron chi connectivity index (χ3n) is 6.64. The Balaban J connectivity index is 1.35. The summed E-state index contributed by atoms with van der Waals surface area (Å²) in [5.41, 5.74) is 3.18. The number of aryl methyl sites for hydroxylation is 1. The van der Waals surface area contributed by atoms with Crippen LogP contribution in [0.5, 0.6) is 5.75 Å². The molecule has 40 heavy (non-hydrogen) atoms. The summed E-state index contributed by atoms with van der Waals surface area (Å²) in [5.74, 6) is 0.450. The van der Waals surface area contributed by atoms with Crippen molar-refractivity contribution in [2.24, 2.45) is 0 Å². The minimum atomic E-state index is -0.513. The zero-order valence-electron chi connectivity index (χ0n) is 22.2. The molecule has 0 bridgehead atoms. The summed E-state index contributed by atoms with van der Waals surface area (Å²) in [6.45, 7) is 3.53. The number of nitrogens with zero attached hydrogens (tertiary/aromatic N) is 3. The standard InChI is InChI=1S/C30H31N7O3/c1-21-16-34-27(18-33-21)36-29(39)35-25-10-9-24(14-26(25)40-19-23-8-5-12-31-17-23)28(38)37-30(11-13-32-20-30)15-22-6-3-2-4-7-22/h2-10,12,14,16-18,32H,11,13,15,19-20H2,1H3,(H,37,38)(H2,34,35,36,39). The minimum Gasteiger partial charge on any atom is -0.487 e. The van der Waals surface area contributed by atoms with Gasteiger partial charge in [-0.15, -0.1) is 0 Å². The van der Waals surface area contributed by atoms with Crippen LogP contribution in [0.15, 0.2) is 85.5 Å². The van der Waals surface area contributed by atoms with Gasteiger partial charge < -0.3 is 20.7 Å². The average Bonchev–Trinajstić information content (AvgIpc) is 3.42. The van der Waals surface area contributed by atoms with Gasteiger partial charge in [0.2, 0.25) is 0 Å². The molecule has 0 spiro atoms. The Labute approximate surface area is 232 Å². The van der Waals surface area contributed by atoms with E-state index in [-0.39, 0.29) is 12.5 Å². The van der Waals surface area contributed by atoms with Gasteiger partial charge in [-0.3, -0.25) is 20.1 Å². The molecular weight excluding hydrogens is 506 g/mol. The summed E-state index contributed by atoms with van der Waals surface area (Å²) in [6, 6.07) is 18.3. The Kier molecular flexibility index (Phi) is 8.26. The van der Waals surface area contributed by atoms with Gasteiger partial charge in [-0.1, -0.05) is 36.4 Å². The van der Waals surface area contributed by atoms with Gasteiger partial charge in [0.05, 0.1) is 29.3 Å². The number of carbonyl (C=O) groups excluding carboxylic acids is 2. The van der Waals surface area contributed by atoms with Crippen molar-refractivity contribution in [2.75, 3.05) is 23.7 Å². The maximum Gasteiger partial charge on any atom is 0.324 e. The molecule has 1 unspecified atom stereocenters. The van der Waals surface area contributed by atoms with Crippen molar-refractivity contribution in [1.82, 2.24) is 25.6 Å². The largest absolute Gasteiger partial charge is 0.487 e. The van der Waals surface area contributed by atoms with E-state index >= 15 is 0 Å². The van der Waals surface area contributed by atoms with Crippen molar-refractivity contribution >= 4 is 23.4 Å². The molecule has 1 saturated heterocycles. The van der Waals surface area contributed by atoms with Crippen LogP contribution in [-0.4, -0.2) is 45.5 Å². The van der Waals surface area contributed by atoms with Crippen LogP contribution in [0.1, 0.15) is 33.6 Å². The SMILES string of the molecule is Cc1cnc(NC(=O)Nc2ccc(C(=O)NC3(Cc4ccccc4)CCNC3)cc2OCc2cccnc2)cn1. The fraction of sp³-hybridized carbons (Fsp3) is 0.233. The summed E-state index contributed by atoms with van der Waals surface area (Å²) in [5, 5.41) is 12.1. The third-order valence-corrected chi connectivity index (χ3v) is 6.64. The molecule has 4 N–H and O–H groups in total. The van der Waals surface area contributed by atoms with Crippen molar-refractivity contribution in [3.63, 3.8) is 0 Å². The summed E-state index contributed by atoms with van der Waals surface area (Å²) >= 11 is 0. The van der Waals surface area contributed by atoms with Crippen molar-refractivity contribution in [2.45, 2.75) is 31.9 Å². The number of urea groups is 1. The minimum absolute atomic E-state index is 0.209. The van der Waals surface area contributed by atoms with Crippen LogP contribution in [0, 0.1) is 6.92 Å². The van der Waals surface area contributed by atoms with Crippen molar-refractivity contribution in [3.8, 4) is 5.75 Å². The first-order valence-electron chi connectivity index (χ1n) is 13.1. The number of benzene rings is 2. The topological polar surface area (TPSA) is 130 Å². The second-order valence-corrected chi connectivity index (χ2v) is 9.81. The molecule has 1 atom stereocenters. The highest BCUT2D eigenvalue weighted by atomic mass is 16.5. The fourth-order valence-corrected chi connectivity index (χ4v) is 4.60. The quantitative estimate of drug-likeness (QED) is 0.253. The summed E-state index contributed by atoms with van der Waals surface area (Å²) in [6.07, 6.45) is 7.97. The molecule has 0 saturated carbocycles. The van der Waals surface area contributed by atoms with E-state index < -0.39 is 11.6 Å². The highest BCUT2D eigenvalue weighted by Gasteiger charge is 2.35. The summed E-state index contributed by atoms with van der Waals surface area (Å²) in [4.78, 5) is 38.6. The van der Waals surface area contributed by atoms with Crippen LogP contribution >= 0.6 is 0 Å². The van der Waals surface area contributed by atoms with Gasteiger partial charge in [0.25, 0.3) is 5.91 Å². The maximum absolute atomic E-state index is 13.5. The van der Waals surface area contributed by atoms with Gasteiger partial charge in [0.1, 0.15) is 12.4 Å². The molecule has 0 radical (unpaired) electrons. The van der Waals surface area contributed by atoms with Crippen molar-refractivity contribution in [1.29, 1.82) is 0 Å². The zero-order valence-corrected chi connectivity index (χ0v) is 22.2. The van der Waals surface area contributed by atoms with Gasteiger partial charge in [0.15, 0.2) is 5.82 Å². The molecule has 2 aromatic carbocycles. The molecular formula is C30H31N7O3. The highest BCUT2D eigenvalue weighted by Crippen LogP contribution is 2.28. The van der Waals surface area contributed by atoms with Gasteiger partial charge in [-0.25, -0.2) is 9.78 Å². The molecule has 5 rings (SSSR count). The Bertz CT molecular complexity index is 1440. The molecule has 3 amide bonds. The molecule has 10 nitrogen and oxygen atoms in total. The Morgan fingerprint density at radius 1 is 0.975 bits per heavy atom. The van der Waals surface area contributed by atoms with Crippen LogP contribution < -0.4 is 26.0 Å². The number of pyridine rings is 1. The Hall–Kier alpha value is -4.83. The third kappa shape index (κ3) is 6.97. The molecule has 4 aromatic rings. The lowest BCUT2D eigenvalue weighted by atomic mass is 9.89. The second-order valence-electron chi connectivity index (χ2n) is 9.81. The molecule has 1 aliphatic heterocycles. The molecule has 0 aliphatic carbocycles. The number of nitrogens with one attached hydrogen (secondary N) is 4. The van der Waals surface area contributed by atoms with Crippen molar-refractivity contribution in [3.05, 3.63) is 108 Å². The lowest BCUT2D eigenvalue weighted by Crippen LogP contribution is -2.51. The highest BCUT2D eigenvalue weighted by molar-refractivity contribution is 6.01. The van der Waals surface area contributed by atoms with E-state index in [9.17, 15) is 9.59 Å². The maximum atomic E-state index is 13.5. The van der Waals surface area contributed by atoms with E-state index in [1.54, 1.807) is 36.8 Å². The van der Waals surface area contributed by atoms with Gasteiger partial charge in [-0.05, 0) is 56.1 Å². The van der Waals surface area contributed by atoms with Gasteiger partial charge in [-0.2, -0.15) is 0 Å². The zero-order chi connectivity index (χ0) is 27.8. The Morgan fingerprint density at radius 3 is 2.55 bits per heavy atom. The predicted molar refractivity (Wildman–Crippen MR) is 152 cm³/mol. The normalized spacial score (nSPS) is 16.2. The second kappa shape index (κ2) is 12.4. The summed E-state index contributed by atoms with van der Waals surface area (Å²) in [7, 11) is 0. The average molecular weight is 538 g/mol. The number of amides is 3. The molecule has 2 aromatic heterocycles. The van der Waals surface area contributed by atoms with Gasteiger partial charge >= 0.3 is 6.03 Å². The number of rotatable bonds is 9. The number of anilines is 2. The lowest BCUT2D eigenvalue weighted by Gasteiger charge is -2.30. The van der Waals surface area contributed by atoms with Crippen molar-refractivity contribution < 1.29 is 14.3 Å². The first-order chi connectivity index (χ1) is 19.5. The molecule has 3 heterocycles. The van der Waals surface area contributed by atoms with E-state index in [0.717, 1.165) is 36.2 Å². The number of ether oxygens (including phenoxy) is 1. The van der Waals surface area contributed by atoms with E-state index in [0.29, 0.717) is 29.4 Å². The van der Waals surface area contributed by atoms with Crippen LogP contribution in [0.2, 0.25) is 0 Å². The summed E-state index contributed by atoms with van der Waals surface area (Å²) < 4.78 is 6.07. The van der Waals surface area contributed by atoms with Crippen LogP contribution in [0.25, 0.3) is 0 Å². The van der Waals surface area contributed by atoms with Crippen LogP contribution in [0.4, 0.5) is 16.3 Å². The first-order valence-corrected chi connectivity index (χ1v) is 13.1. The number of hydrogen-bond acceptors (Lipinski definition) is 7. The smallest absolute Gasteiger partial charge is 0.324 e. The van der Waals surface area contributed by atoms with E-state index in [4.69, 9.17) is 4.74 Å². The lowest BCUT2D eigenvalue weighted by molar-refractivity contribution is 0.0905.